The Morgan fingerprint density at radius 1 is 0.941 bits per heavy atom. The Hall–Kier alpha value is -3.63. The number of nitrogens with one attached hydrogen (secondary N) is 1. The van der Waals surface area contributed by atoms with Gasteiger partial charge >= 0.3 is 0 Å². The molecule has 34 heavy (non-hydrogen) atoms. The molecule has 0 unspecified atom stereocenters. The maximum atomic E-state index is 13.2. The molecule has 1 fully saturated rings. The zero-order chi connectivity index (χ0) is 24.3. The second-order valence-electron chi connectivity index (χ2n) is 7.98. The molecule has 1 aliphatic rings. The SMILES string of the molecule is Cc1ccc(S(=O)(=O)NCc2ccco2)cc1C(=O)N1CCN(C(=O)c2ccccc2O)CC1. The van der Waals surface area contributed by atoms with E-state index in [0.717, 1.165) is 0 Å². The van der Waals surface area contributed by atoms with Crippen molar-refractivity contribution in [3.8, 4) is 5.75 Å². The predicted molar refractivity (Wildman–Crippen MR) is 124 cm³/mol. The molecule has 0 atom stereocenters. The van der Waals surface area contributed by atoms with E-state index in [9.17, 15) is 23.1 Å². The maximum Gasteiger partial charge on any atom is 0.257 e. The lowest BCUT2D eigenvalue weighted by Gasteiger charge is -2.35. The highest BCUT2D eigenvalue weighted by Gasteiger charge is 2.28. The fourth-order valence-electron chi connectivity index (χ4n) is 3.77. The summed E-state index contributed by atoms with van der Waals surface area (Å²) in [6.07, 6.45) is 1.46. The van der Waals surface area contributed by atoms with Crippen LogP contribution in [-0.4, -0.2) is 61.3 Å². The number of carbonyl (C=O) groups is 2. The van der Waals surface area contributed by atoms with Gasteiger partial charge in [0, 0.05) is 31.7 Å². The van der Waals surface area contributed by atoms with Crippen molar-refractivity contribution in [3.05, 3.63) is 83.3 Å². The van der Waals surface area contributed by atoms with Crippen LogP contribution in [0, 0.1) is 6.92 Å². The number of hydrogen-bond donors (Lipinski definition) is 2. The fourth-order valence-corrected chi connectivity index (χ4v) is 4.79. The molecule has 10 heteroatoms. The van der Waals surface area contributed by atoms with Crippen molar-refractivity contribution in [1.29, 1.82) is 0 Å². The smallest absolute Gasteiger partial charge is 0.257 e. The number of phenols is 1. The van der Waals surface area contributed by atoms with E-state index in [-0.39, 0.29) is 34.6 Å². The minimum atomic E-state index is -3.85. The van der Waals surface area contributed by atoms with Crippen molar-refractivity contribution in [3.63, 3.8) is 0 Å². The molecule has 178 valence electrons. The average molecular weight is 484 g/mol. The van der Waals surface area contributed by atoms with E-state index in [0.29, 0.717) is 43.1 Å². The van der Waals surface area contributed by atoms with Gasteiger partial charge in [0.25, 0.3) is 11.8 Å². The Labute approximate surface area is 197 Å². The molecular weight excluding hydrogens is 458 g/mol. The summed E-state index contributed by atoms with van der Waals surface area (Å²) in [6.45, 7) is 2.95. The van der Waals surface area contributed by atoms with Crippen LogP contribution in [0.25, 0.3) is 0 Å². The van der Waals surface area contributed by atoms with E-state index >= 15 is 0 Å². The number of amides is 2. The summed E-state index contributed by atoms with van der Waals surface area (Å²) in [5.74, 6) is -0.198. The molecule has 1 aliphatic heterocycles. The van der Waals surface area contributed by atoms with Gasteiger partial charge in [-0.15, -0.1) is 0 Å². The van der Waals surface area contributed by atoms with E-state index < -0.39 is 10.0 Å². The topological polar surface area (TPSA) is 120 Å². The lowest BCUT2D eigenvalue weighted by atomic mass is 10.1. The lowest BCUT2D eigenvalue weighted by Crippen LogP contribution is -2.50. The molecule has 2 N–H and O–H groups in total. The van der Waals surface area contributed by atoms with Gasteiger partial charge in [-0.25, -0.2) is 13.1 Å². The van der Waals surface area contributed by atoms with Gasteiger partial charge in [-0.05, 0) is 48.9 Å². The monoisotopic (exact) mass is 483 g/mol. The molecule has 2 amide bonds. The Morgan fingerprint density at radius 3 is 2.21 bits per heavy atom. The van der Waals surface area contributed by atoms with Crippen LogP contribution in [0.5, 0.6) is 5.75 Å². The molecule has 2 aromatic carbocycles. The number of carbonyl (C=O) groups excluding carboxylic acids is 2. The van der Waals surface area contributed by atoms with Crippen LogP contribution >= 0.6 is 0 Å². The zero-order valence-electron chi connectivity index (χ0n) is 18.6. The van der Waals surface area contributed by atoms with E-state index in [1.165, 1.54) is 24.5 Å². The first kappa shape index (κ1) is 23.5. The minimum absolute atomic E-state index is 0.000549. The van der Waals surface area contributed by atoms with Crippen molar-refractivity contribution in [2.45, 2.75) is 18.4 Å². The van der Waals surface area contributed by atoms with E-state index in [2.05, 4.69) is 4.72 Å². The third-order valence-corrected chi connectivity index (χ3v) is 7.15. The number of aromatic hydroxyl groups is 1. The second kappa shape index (κ2) is 9.70. The summed E-state index contributed by atoms with van der Waals surface area (Å²) in [5, 5.41) is 9.94. The van der Waals surface area contributed by atoms with Crippen LogP contribution in [-0.2, 0) is 16.6 Å². The number of hydrogen-bond acceptors (Lipinski definition) is 6. The first-order chi connectivity index (χ1) is 16.3. The summed E-state index contributed by atoms with van der Waals surface area (Å²) in [7, 11) is -3.85. The standard InChI is InChI=1S/C24H25N3O6S/c1-17-8-9-19(34(31,32)25-16-18-5-4-14-33-18)15-21(17)24(30)27-12-10-26(11-13-27)23(29)20-6-2-3-7-22(20)28/h2-9,14-15,25,28H,10-13,16H2,1H3. The van der Waals surface area contributed by atoms with Crippen molar-refractivity contribution in [2.24, 2.45) is 0 Å². The summed E-state index contributed by atoms with van der Waals surface area (Å²) in [4.78, 5) is 29.1. The maximum absolute atomic E-state index is 13.2. The number of para-hydroxylation sites is 1. The normalized spacial score (nSPS) is 14.3. The molecule has 9 nitrogen and oxygen atoms in total. The van der Waals surface area contributed by atoms with Gasteiger partial charge in [-0.3, -0.25) is 9.59 Å². The summed E-state index contributed by atoms with van der Waals surface area (Å²) in [5.41, 5.74) is 1.17. The van der Waals surface area contributed by atoms with Gasteiger partial charge in [0.05, 0.1) is 23.3 Å². The van der Waals surface area contributed by atoms with Gasteiger partial charge in [0.2, 0.25) is 10.0 Å². The van der Waals surface area contributed by atoms with Crippen LogP contribution in [0.1, 0.15) is 32.0 Å². The van der Waals surface area contributed by atoms with E-state index in [4.69, 9.17) is 4.42 Å². The summed E-state index contributed by atoms with van der Waals surface area (Å²) >= 11 is 0. The molecule has 1 saturated heterocycles. The second-order valence-corrected chi connectivity index (χ2v) is 9.75. The molecule has 0 bridgehead atoms. The van der Waals surface area contributed by atoms with Crippen molar-refractivity contribution in [2.75, 3.05) is 26.2 Å². The van der Waals surface area contributed by atoms with Gasteiger partial charge < -0.3 is 19.3 Å². The van der Waals surface area contributed by atoms with Crippen LogP contribution < -0.4 is 4.72 Å². The molecule has 0 saturated carbocycles. The molecule has 2 heterocycles. The minimum Gasteiger partial charge on any atom is -0.507 e. The number of nitrogens with zero attached hydrogens (tertiary/aromatic N) is 2. The van der Waals surface area contributed by atoms with Crippen molar-refractivity contribution in [1.82, 2.24) is 14.5 Å². The molecule has 4 rings (SSSR count). The van der Waals surface area contributed by atoms with Gasteiger partial charge in [-0.2, -0.15) is 0 Å². The van der Waals surface area contributed by atoms with Crippen molar-refractivity contribution >= 4 is 21.8 Å². The van der Waals surface area contributed by atoms with E-state index in [1.54, 1.807) is 53.1 Å². The number of piperazine rings is 1. The fraction of sp³-hybridized carbons (Fsp3) is 0.250. The Bertz CT molecular complexity index is 1300. The highest BCUT2D eigenvalue weighted by molar-refractivity contribution is 7.89. The number of phenolic OH excluding ortho intramolecular Hbond substituents is 1. The Morgan fingerprint density at radius 2 is 1.59 bits per heavy atom. The number of furan rings is 1. The number of sulfonamides is 1. The quantitative estimate of drug-likeness (QED) is 0.555. The summed E-state index contributed by atoms with van der Waals surface area (Å²) < 4.78 is 33.1. The van der Waals surface area contributed by atoms with Gasteiger partial charge in [-0.1, -0.05) is 18.2 Å². The number of aryl methyl sites for hydroxylation is 1. The van der Waals surface area contributed by atoms with Crippen LogP contribution in [0.4, 0.5) is 0 Å². The molecule has 0 radical (unpaired) electrons. The molecule has 3 aromatic rings. The Balaban J connectivity index is 1.44. The van der Waals surface area contributed by atoms with Crippen LogP contribution in [0.2, 0.25) is 0 Å². The molecule has 1 aromatic heterocycles. The average Bonchev–Trinajstić information content (AvgIpc) is 3.36. The largest absolute Gasteiger partial charge is 0.507 e. The van der Waals surface area contributed by atoms with Crippen molar-refractivity contribution < 1.29 is 27.5 Å². The first-order valence-corrected chi connectivity index (χ1v) is 12.2. The lowest BCUT2D eigenvalue weighted by molar-refractivity contribution is 0.0533. The number of rotatable bonds is 6. The predicted octanol–water partition coefficient (Wildman–Crippen LogP) is 2.37. The van der Waals surface area contributed by atoms with Gasteiger partial charge in [0.15, 0.2) is 0 Å². The van der Waals surface area contributed by atoms with Crippen LogP contribution in [0.3, 0.4) is 0 Å². The Kier molecular flexibility index (Phi) is 6.71. The van der Waals surface area contributed by atoms with Crippen LogP contribution in [0.15, 0.2) is 70.2 Å². The third-order valence-electron chi connectivity index (χ3n) is 5.75. The van der Waals surface area contributed by atoms with E-state index in [1.807, 2.05) is 0 Å². The first-order valence-electron chi connectivity index (χ1n) is 10.8. The van der Waals surface area contributed by atoms with Gasteiger partial charge in [0.1, 0.15) is 11.5 Å². The zero-order valence-corrected chi connectivity index (χ0v) is 19.4. The highest BCUT2D eigenvalue weighted by atomic mass is 32.2. The molecule has 0 spiro atoms. The molecular formula is C24H25N3O6S. The third kappa shape index (κ3) is 4.97. The number of benzene rings is 2. The highest BCUT2D eigenvalue weighted by Crippen LogP contribution is 2.21. The molecule has 0 aliphatic carbocycles. The summed E-state index contributed by atoms with van der Waals surface area (Å²) in [6, 6.07) is 14.1.